The molecule has 0 amide bonds. The van der Waals surface area contributed by atoms with E-state index in [-0.39, 0.29) is 0 Å². The molecule has 0 bridgehead atoms. The normalized spacial score (nSPS) is 13.3. The van der Waals surface area contributed by atoms with Gasteiger partial charge in [0, 0.05) is 4.47 Å². The summed E-state index contributed by atoms with van der Waals surface area (Å²) < 4.78 is 38.3. The summed E-state index contributed by atoms with van der Waals surface area (Å²) in [6.07, 6.45) is -4.34. The van der Waals surface area contributed by atoms with Crippen LogP contribution in [0, 0.1) is 6.92 Å². The van der Waals surface area contributed by atoms with Crippen molar-refractivity contribution in [3.05, 3.63) is 63.4 Å². The fourth-order valence-electron chi connectivity index (χ4n) is 1.79. The van der Waals surface area contributed by atoms with Gasteiger partial charge in [-0.25, -0.2) is 0 Å². The summed E-state index contributed by atoms with van der Waals surface area (Å²) in [5.41, 5.74) is 7.34. The van der Waals surface area contributed by atoms with Gasteiger partial charge in [0.2, 0.25) is 0 Å². The molecule has 2 rings (SSSR count). The van der Waals surface area contributed by atoms with Gasteiger partial charge < -0.3 is 5.73 Å². The highest BCUT2D eigenvalue weighted by Gasteiger charge is 2.30. The molecule has 1 aromatic heterocycles. The Hall–Kier alpha value is -1.40. The zero-order chi connectivity index (χ0) is 14.9. The Balaban J connectivity index is 2.29. The first-order chi connectivity index (χ1) is 9.29. The third-order valence-corrected chi connectivity index (χ3v) is 3.80. The van der Waals surface area contributed by atoms with Gasteiger partial charge in [0.05, 0.1) is 23.0 Å². The molecule has 0 radical (unpaired) electrons. The molecule has 0 spiro atoms. The predicted octanol–water partition coefficient (Wildman–Crippen LogP) is 4.22. The summed E-state index contributed by atoms with van der Waals surface area (Å²) >= 11 is 3.34. The van der Waals surface area contributed by atoms with E-state index < -0.39 is 17.8 Å². The summed E-state index contributed by atoms with van der Waals surface area (Å²) in [6, 6.07) is 7.84. The fraction of sp³-hybridized carbons (Fsp3) is 0.214. The maximum Gasteiger partial charge on any atom is 0.416 e. The van der Waals surface area contributed by atoms with Crippen molar-refractivity contribution in [2.75, 3.05) is 0 Å². The average molecular weight is 345 g/mol. The SMILES string of the molecule is Cc1nc(C(N)c2ccc(C(F)(F)F)cc2)ccc1Br. The molecule has 0 fully saturated rings. The van der Waals surface area contributed by atoms with Crippen LogP contribution >= 0.6 is 15.9 Å². The summed E-state index contributed by atoms with van der Waals surface area (Å²) in [4.78, 5) is 4.33. The molecule has 1 heterocycles. The van der Waals surface area contributed by atoms with Crippen LogP contribution in [0.3, 0.4) is 0 Å². The lowest BCUT2D eigenvalue weighted by Crippen LogP contribution is -2.14. The third kappa shape index (κ3) is 3.19. The number of alkyl halides is 3. The van der Waals surface area contributed by atoms with E-state index in [0.717, 1.165) is 22.3 Å². The van der Waals surface area contributed by atoms with Gasteiger partial charge in [-0.05, 0) is 52.7 Å². The van der Waals surface area contributed by atoms with Crippen molar-refractivity contribution < 1.29 is 13.2 Å². The van der Waals surface area contributed by atoms with Crippen LogP contribution in [0.5, 0.6) is 0 Å². The highest BCUT2D eigenvalue weighted by atomic mass is 79.9. The molecular weight excluding hydrogens is 333 g/mol. The van der Waals surface area contributed by atoms with Gasteiger partial charge >= 0.3 is 6.18 Å². The standard InChI is InChI=1S/C14H12BrF3N2/c1-8-11(15)6-7-12(20-8)13(19)9-2-4-10(5-3-9)14(16,17)18/h2-7,13H,19H2,1H3. The molecule has 2 N–H and O–H groups in total. The Labute approximate surface area is 123 Å². The second-order valence-electron chi connectivity index (χ2n) is 4.40. The molecule has 6 heteroatoms. The van der Waals surface area contributed by atoms with Crippen LogP contribution < -0.4 is 5.73 Å². The first-order valence-corrected chi connectivity index (χ1v) is 6.64. The number of hydrogen-bond donors (Lipinski definition) is 1. The first kappa shape index (κ1) is 15.0. The third-order valence-electron chi connectivity index (χ3n) is 2.96. The minimum absolute atomic E-state index is 0.552. The highest BCUT2D eigenvalue weighted by Crippen LogP contribution is 2.30. The molecule has 2 aromatic rings. The zero-order valence-electron chi connectivity index (χ0n) is 10.6. The molecule has 106 valence electrons. The molecule has 20 heavy (non-hydrogen) atoms. The molecular formula is C14H12BrF3N2. The van der Waals surface area contributed by atoms with Gasteiger partial charge in [-0.3, -0.25) is 4.98 Å². The number of nitrogens with zero attached hydrogens (tertiary/aromatic N) is 1. The van der Waals surface area contributed by atoms with Crippen molar-refractivity contribution in [1.29, 1.82) is 0 Å². The van der Waals surface area contributed by atoms with E-state index in [4.69, 9.17) is 5.73 Å². The van der Waals surface area contributed by atoms with E-state index in [2.05, 4.69) is 20.9 Å². The molecule has 0 saturated heterocycles. The van der Waals surface area contributed by atoms with Gasteiger partial charge in [0.25, 0.3) is 0 Å². The van der Waals surface area contributed by atoms with E-state index in [9.17, 15) is 13.2 Å². The van der Waals surface area contributed by atoms with E-state index in [1.807, 2.05) is 13.0 Å². The predicted molar refractivity (Wildman–Crippen MR) is 74.1 cm³/mol. The van der Waals surface area contributed by atoms with Crippen LogP contribution in [0.1, 0.15) is 28.6 Å². The first-order valence-electron chi connectivity index (χ1n) is 5.85. The smallest absolute Gasteiger partial charge is 0.319 e. The lowest BCUT2D eigenvalue weighted by atomic mass is 10.0. The number of halogens is 4. The Bertz CT molecular complexity index is 609. The minimum atomic E-state index is -4.34. The number of aromatic nitrogens is 1. The van der Waals surface area contributed by atoms with Crippen LogP contribution in [0.25, 0.3) is 0 Å². The summed E-state index contributed by atoms with van der Waals surface area (Å²) in [5.74, 6) is 0. The van der Waals surface area contributed by atoms with E-state index in [1.165, 1.54) is 12.1 Å². The topological polar surface area (TPSA) is 38.9 Å². The zero-order valence-corrected chi connectivity index (χ0v) is 12.2. The lowest BCUT2D eigenvalue weighted by Gasteiger charge is -2.14. The van der Waals surface area contributed by atoms with Crippen molar-refractivity contribution in [1.82, 2.24) is 4.98 Å². The maximum absolute atomic E-state index is 12.5. The van der Waals surface area contributed by atoms with E-state index >= 15 is 0 Å². The molecule has 2 nitrogen and oxygen atoms in total. The molecule has 1 aromatic carbocycles. The largest absolute Gasteiger partial charge is 0.416 e. The van der Waals surface area contributed by atoms with Crippen LogP contribution in [-0.2, 0) is 6.18 Å². The van der Waals surface area contributed by atoms with Crippen molar-refractivity contribution in [3.8, 4) is 0 Å². The number of benzene rings is 1. The lowest BCUT2D eigenvalue weighted by molar-refractivity contribution is -0.137. The van der Waals surface area contributed by atoms with E-state index in [0.29, 0.717) is 11.3 Å². The van der Waals surface area contributed by atoms with Gasteiger partial charge in [0.1, 0.15) is 0 Å². The maximum atomic E-state index is 12.5. The summed E-state index contributed by atoms with van der Waals surface area (Å²) in [6.45, 7) is 1.83. The van der Waals surface area contributed by atoms with Crippen LogP contribution in [0.4, 0.5) is 13.2 Å². The Morgan fingerprint density at radius 2 is 1.70 bits per heavy atom. The summed E-state index contributed by atoms with van der Waals surface area (Å²) in [5, 5.41) is 0. The van der Waals surface area contributed by atoms with Crippen LogP contribution in [0.15, 0.2) is 40.9 Å². The van der Waals surface area contributed by atoms with Crippen molar-refractivity contribution in [3.63, 3.8) is 0 Å². The molecule has 1 atom stereocenters. The highest BCUT2D eigenvalue weighted by molar-refractivity contribution is 9.10. The number of pyridine rings is 1. The van der Waals surface area contributed by atoms with Gasteiger partial charge in [-0.15, -0.1) is 0 Å². The molecule has 0 aliphatic rings. The molecule has 0 aliphatic carbocycles. The number of aryl methyl sites for hydroxylation is 1. The van der Waals surface area contributed by atoms with Gasteiger partial charge in [-0.2, -0.15) is 13.2 Å². The van der Waals surface area contributed by atoms with Crippen molar-refractivity contribution in [2.45, 2.75) is 19.1 Å². The monoisotopic (exact) mass is 344 g/mol. The average Bonchev–Trinajstić information content (AvgIpc) is 2.40. The molecule has 0 aliphatic heterocycles. The van der Waals surface area contributed by atoms with Crippen molar-refractivity contribution >= 4 is 15.9 Å². The van der Waals surface area contributed by atoms with Gasteiger partial charge in [0.15, 0.2) is 0 Å². The second-order valence-corrected chi connectivity index (χ2v) is 5.26. The second kappa shape index (κ2) is 5.54. The Kier molecular flexibility index (Phi) is 4.15. The molecule has 0 saturated carbocycles. The van der Waals surface area contributed by atoms with Crippen LogP contribution in [0.2, 0.25) is 0 Å². The Morgan fingerprint density at radius 1 is 1.10 bits per heavy atom. The number of rotatable bonds is 2. The molecule has 1 unspecified atom stereocenters. The van der Waals surface area contributed by atoms with Crippen LogP contribution in [-0.4, -0.2) is 4.98 Å². The van der Waals surface area contributed by atoms with Crippen molar-refractivity contribution in [2.24, 2.45) is 5.73 Å². The minimum Gasteiger partial charge on any atom is -0.319 e. The number of nitrogens with two attached hydrogens (primary N) is 1. The quantitative estimate of drug-likeness (QED) is 0.885. The fourth-order valence-corrected chi connectivity index (χ4v) is 2.01. The van der Waals surface area contributed by atoms with Gasteiger partial charge in [-0.1, -0.05) is 12.1 Å². The summed E-state index contributed by atoms with van der Waals surface area (Å²) in [7, 11) is 0. The Morgan fingerprint density at radius 3 is 2.20 bits per heavy atom. The number of hydrogen-bond acceptors (Lipinski definition) is 2. The van der Waals surface area contributed by atoms with E-state index in [1.54, 1.807) is 6.07 Å².